The Morgan fingerprint density at radius 2 is 1.92 bits per heavy atom. The number of benzene rings is 1. The topological polar surface area (TPSA) is 41.5 Å². The molecule has 0 saturated heterocycles. The van der Waals surface area contributed by atoms with Gasteiger partial charge >= 0.3 is 0 Å². The van der Waals surface area contributed by atoms with Crippen LogP contribution in [0.2, 0.25) is 0 Å². The highest BCUT2D eigenvalue weighted by atomic mass is 32.2. The molecular formula is C9H12O3S. The predicted octanol–water partition coefficient (Wildman–Crippen LogP) is 1.44. The van der Waals surface area contributed by atoms with Crippen LogP contribution in [-0.2, 0) is 11.2 Å². The van der Waals surface area contributed by atoms with Crippen LogP contribution in [0.1, 0.15) is 0 Å². The Balaban J connectivity index is 3.10. The van der Waals surface area contributed by atoms with E-state index in [1.54, 1.807) is 38.7 Å². The van der Waals surface area contributed by atoms with Crippen molar-refractivity contribution in [1.82, 2.24) is 0 Å². The summed E-state index contributed by atoms with van der Waals surface area (Å²) in [4.78, 5) is 0.654. The third-order valence-corrected chi connectivity index (χ3v) is 2.62. The molecule has 72 valence electrons. The molecule has 0 heterocycles. The van der Waals surface area contributed by atoms with Gasteiger partial charge in [0.1, 0.15) is 12.0 Å². The van der Waals surface area contributed by atoms with Crippen LogP contribution < -0.4 is 9.47 Å². The van der Waals surface area contributed by atoms with E-state index >= 15 is 0 Å². The van der Waals surface area contributed by atoms with Gasteiger partial charge in [0, 0.05) is 6.07 Å². The average molecular weight is 200 g/mol. The van der Waals surface area contributed by atoms with Gasteiger partial charge in [-0.25, -0.2) is 0 Å². The van der Waals surface area contributed by atoms with E-state index in [1.807, 2.05) is 0 Å². The third-order valence-electron chi connectivity index (χ3n) is 1.68. The molecular weight excluding hydrogens is 188 g/mol. The van der Waals surface area contributed by atoms with Gasteiger partial charge in [-0.2, -0.15) is 0 Å². The van der Waals surface area contributed by atoms with E-state index in [1.165, 1.54) is 0 Å². The molecule has 1 rings (SSSR count). The third kappa shape index (κ3) is 2.29. The molecule has 0 amide bonds. The molecule has 1 aromatic carbocycles. The fraction of sp³-hybridized carbons (Fsp3) is 0.333. The lowest BCUT2D eigenvalue weighted by Gasteiger charge is -2.10. The summed E-state index contributed by atoms with van der Waals surface area (Å²) in [7, 11) is 3.13. The first-order valence-electron chi connectivity index (χ1n) is 3.74. The lowest BCUT2D eigenvalue weighted by Crippen LogP contribution is -2.01. The highest BCUT2D eigenvalue weighted by molar-refractivity contribution is 7.90. The molecule has 1 aromatic rings. The van der Waals surface area contributed by atoms with E-state index < -0.39 is 11.2 Å². The van der Waals surface area contributed by atoms with Crippen molar-refractivity contribution in [3.63, 3.8) is 0 Å². The Kier molecular flexibility index (Phi) is 3.45. The summed E-state index contributed by atoms with van der Waals surface area (Å²) in [6.45, 7) is 0. The summed E-state index contributed by atoms with van der Waals surface area (Å²) >= 11 is -1.06. The van der Waals surface area contributed by atoms with Crippen molar-refractivity contribution in [2.45, 2.75) is 4.90 Å². The number of ether oxygens (including phenoxy) is 2. The number of rotatable bonds is 3. The van der Waals surface area contributed by atoms with Gasteiger partial charge in [-0.15, -0.1) is 0 Å². The highest BCUT2D eigenvalue weighted by Crippen LogP contribution is 2.27. The smallest absolute Gasteiger partial charge is 0.197 e. The number of hydrogen-bond donors (Lipinski definition) is 0. The molecule has 3 nitrogen and oxygen atoms in total. The van der Waals surface area contributed by atoms with Crippen molar-refractivity contribution >= 4 is 11.2 Å². The lowest BCUT2D eigenvalue weighted by atomic mass is 10.3. The quantitative estimate of drug-likeness (QED) is 0.693. The van der Waals surface area contributed by atoms with Gasteiger partial charge in [-0.3, -0.25) is 0 Å². The summed E-state index contributed by atoms with van der Waals surface area (Å²) < 4.78 is 21.3. The SMILES string of the molecule is COc1ccc(OC)c([S+](C)[O-])c1. The summed E-state index contributed by atoms with van der Waals surface area (Å²) in [5.41, 5.74) is 0. The molecule has 0 fully saturated rings. The Labute approximate surface area is 80.8 Å². The zero-order valence-corrected chi connectivity index (χ0v) is 8.68. The van der Waals surface area contributed by atoms with Crippen LogP contribution in [0.4, 0.5) is 0 Å². The molecule has 0 aliphatic rings. The minimum atomic E-state index is -1.06. The maximum atomic E-state index is 11.3. The second-order valence-electron chi connectivity index (χ2n) is 2.47. The Bertz CT molecular complexity index is 286. The zero-order valence-electron chi connectivity index (χ0n) is 7.87. The minimum absolute atomic E-state index is 0.627. The predicted molar refractivity (Wildman–Crippen MR) is 51.9 cm³/mol. The van der Waals surface area contributed by atoms with Crippen LogP contribution in [0.5, 0.6) is 11.5 Å². The van der Waals surface area contributed by atoms with Crippen LogP contribution in [0, 0.1) is 0 Å². The van der Waals surface area contributed by atoms with Gasteiger partial charge < -0.3 is 14.0 Å². The molecule has 1 unspecified atom stereocenters. The summed E-state index contributed by atoms with van der Waals surface area (Å²) in [5, 5.41) is 0. The van der Waals surface area contributed by atoms with Crippen LogP contribution in [0.3, 0.4) is 0 Å². The molecule has 0 N–H and O–H groups in total. The van der Waals surface area contributed by atoms with Crippen LogP contribution in [0.15, 0.2) is 23.1 Å². The molecule has 0 aromatic heterocycles. The molecule has 0 aliphatic heterocycles. The van der Waals surface area contributed by atoms with E-state index in [0.29, 0.717) is 16.4 Å². The Morgan fingerprint density at radius 1 is 1.23 bits per heavy atom. The Hall–Kier alpha value is -0.870. The fourth-order valence-electron chi connectivity index (χ4n) is 1.01. The number of hydrogen-bond acceptors (Lipinski definition) is 3. The van der Waals surface area contributed by atoms with Crippen molar-refractivity contribution < 1.29 is 14.0 Å². The second kappa shape index (κ2) is 4.39. The standard InChI is InChI=1S/C9H12O3S/c1-11-7-4-5-8(12-2)9(6-7)13(3)10/h4-6H,1-3H3. The summed E-state index contributed by atoms with van der Waals surface area (Å²) in [6, 6.07) is 5.24. The van der Waals surface area contributed by atoms with Crippen LogP contribution >= 0.6 is 0 Å². The Morgan fingerprint density at radius 3 is 2.38 bits per heavy atom. The molecule has 0 bridgehead atoms. The fourth-order valence-corrected chi connectivity index (χ4v) is 1.73. The van der Waals surface area contributed by atoms with E-state index in [4.69, 9.17) is 9.47 Å². The molecule has 0 spiro atoms. The van der Waals surface area contributed by atoms with E-state index in [0.717, 1.165) is 0 Å². The molecule has 4 heteroatoms. The van der Waals surface area contributed by atoms with Gasteiger partial charge in [0.2, 0.25) is 0 Å². The van der Waals surface area contributed by atoms with Crippen LogP contribution in [-0.4, -0.2) is 25.0 Å². The zero-order chi connectivity index (χ0) is 9.84. The van der Waals surface area contributed by atoms with Crippen molar-refractivity contribution in [2.24, 2.45) is 0 Å². The van der Waals surface area contributed by atoms with Gasteiger partial charge in [-0.1, -0.05) is 0 Å². The van der Waals surface area contributed by atoms with Crippen molar-refractivity contribution in [2.75, 3.05) is 20.5 Å². The van der Waals surface area contributed by atoms with Crippen molar-refractivity contribution in [1.29, 1.82) is 0 Å². The second-order valence-corrected chi connectivity index (χ2v) is 3.82. The monoisotopic (exact) mass is 200 g/mol. The molecule has 0 radical (unpaired) electrons. The van der Waals surface area contributed by atoms with Gasteiger partial charge in [-0.05, 0) is 23.3 Å². The van der Waals surface area contributed by atoms with Gasteiger partial charge in [0.05, 0.1) is 14.2 Å². The lowest BCUT2D eigenvalue weighted by molar-refractivity contribution is 0.392. The van der Waals surface area contributed by atoms with Crippen molar-refractivity contribution in [3.8, 4) is 11.5 Å². The molecule has 13 heavy (non-hydrogen) atoms. The first-order valence-corrected chi connectivity index (χ1v) is 5.30. The summed E-state index contributed by atoms with van der Waals surface area (Å²) in [5.74, 6) is 1.31. The normalized spacial score (nSPS) is 12.3. The van der Waals surface area contributed by atoms with Crippen LogP contribution in [0.25, 0.3) is 0 Å². The minimum Gasteiger partial charge on any atom is -0.612 e. The maximum Gasteiger partial charge on any atom is 0.197 e. The van der Waals surface area contributed by atoms with E-state index in [2.05, 4.69) is 0 Å². The average Bonchev–Trinajstić information content (AvgIpc) is 2.16. The van der Waals surface area contributed by atoms with Gasteiger partial charge in [0.15, 0.2) is 10.6 Å². The van der Waals surface area contributed by atoms with Crippen molar-refractivity contribution in [3.05, 3.63) is 18.2 Å². The largest absolute Gasteiger partial charge is 0.612 e. The summed E-state index contributed by atoms with van der Waals surface area (Å²) in [6.07, 6.45) is 1.61. The molecule has 1 atom stereocenters. The maximum absolute atomic E-state index is 11.3. The first-order chi connectivity index (χ1) is 6.19. The first kappa shape index (κ1) is 10.2. The van der Waals surface area contributed by atoms with Gasteiger partial charge in [0.25, 0.3) is 0 Å². The molecule has 0 saturated carbocycles. The van der Waals surface area contributed by atoms with E-state index in [9.17, 15) is 4.55 Å². The number of methoxy groups -OCH3 is 2. The highest BCUT2D eigenvalue weighted by Gasteiger charge is 2.13. The molecule has 0 aliphatic carbocycles. The van der Waals surface area contributed by atoms with E-state index in [-0.39, 0.29) is 0 Å².